The Morgan fingerprint density at radius 1 is 0.261 bits per heavy atom. The quantitative estimate of drug-likeness (QED) is 0.175. The molecule has 14 aromatic rings. The second-order valence-corrected chi connectivity index (χ2v) is 23.9. The van der Waals surface area contributed by atoms with Crippen LogP contribution in [-0.4, -0.2) is 13.2 Å². The molecular formula is C83H88O2S3. The summed E-state index contributed by atoms with van der Waals surface area (Å²) in [7, 11) is 0. The zero-order valence-corrected chi connectivity index (χ0v) is 50.5. The fourth-order valence-electron chi connectivity index (χ4n) is 9.74. The second kappa shape index (κ2) is 34.5. The highest BCUT2D eigenvalue weighted by atomic mass is 32.1. The van der Waals surface area contributed by atoms with E-state index in [0.29, 0.717) is 13.2 Å². The molecular weight excluding hydrogens is 1130 g/mol. The number of benzene rings is 11. The molecule has 11 aromatic carbocycles. The number of hydrogen-bond acceptors (Lipinski definition) is 5. The summed E-state index contributed by atoms with van der Waals surface area (Å²) in [6.45, 7) is 14.0. The minimum Gasteiger partial charge on any atom is -0.485 e. The Kier molecular flexibility index (Phi) is 27.4. The van der Waals surface area contributed by atoms with Crippen molar-refractivity contribution in [3.8, 4) is 55.3 Å². The van der Waals surface area contributed by atoms with Gasteiger partial charge in [0.2, 0.25) is 0 Å². The lowest BCUT2D eigenvalue weighted by Crippen LogP contribution is -2.14. The molecule has 0 N–H and O–H groups in total. The first-order chi connectivity index (χ1) is 40.6. The first-order valence-electron chi connectivity index (χ1n) is 28.2. The van der Waals surface area contributed by atoms with E-state index in [9.17, 15) is 0 Å². The molecule has 15 rings (SSSR count). The molecule has 5 heteroatoms. The van der Waals surface area contributed by atoms with Gasteiger partial charge in [-0.05, 0) is 110 Å². The summed E-state index contributed by atoms with van der Waals surface area (Å²) in [6.07, 6.45) is 0. The zero-order valence-electron chi connectivity index (χ0n) is 48.0. The van der Waals surface area contributed by atoms with E-state index in [-0.39, 0.29) is 37.1 Å². The van der Waals surface area contributed by atoms with Gasteiger partial charge in [0.05, 0.1) is 4.88 Å². The molecule has 88 heavy (non-hydrogen) atoms. The van der Waals surface area contributed by atoms with Crippen molar-refractivity contribution in [2.45, 2.75) is 78.7 Å². The van der Waals surface area contributed by atoms with E-state index < -0.39 is 0 Å². The Bertz CT molecular complexity index is 4260. The fourth-order valence-corrected chi connectivity index (χ4v) is 13.1. The van der Waals surface area contributed by atoms with Crippen molar-refractivity contribution in [2.24, 2.45) is 0 Å². The Hall–Kier alpha value is -8.84. The third kappa shape index (κ3) is 18.1. The average molecular weight is 1210 g/mol. The first kappa shape index (κ1) is 69.9. The van der Waals surface area contributed by atoms with Crippen LogP contribution in [0.15, 0.2) is 279 Å². The molecule has 0 spiro atoms. The van der Waals surface area contributed by atoms with E-state index in [0.717, 1.165) is 11.5 Å². The zero-order chi connectivity index (χ0) is 57.3. The molecule has 0 radical (unpaired) electrons. The summed E-state index contributed by atoms with van der Waals surface area (Å²) < 4.78 is 16.9. The number of aryl methyl sites for hydroxylation is 6. The van der Waals surface area contributed by atoms with Crippen molar-refractivity contribution in [3.05, 3.63) is 312 Å². The molecule has 0 saturated heterocycles. The molecule has 0 bridgehead atoms. The standard InChI is InChI=1S/C19H16.C13H12O2S.2C13H10S.C13H12.C7H8.5CH4/c1-15-7-9-17(10-8-15)19-13-11-18(12-14-19)16-5-3-2-4-6-16;1-9-11-12(15-8-7-14-11)13(16-9)10-5-3-2-4-6-10;1-9-5-4-7-11-10-6-2-3-8-12(10)14-13(9)11;1-9-6-7-13-11(8-9)10-4-2-3-5-12(10)14-13;1-11-7-9-13(10-8-11)12-5-3-2-4-6-12;1-7-5-3-2-4-6-7;;;;;/h2-14H,1H3;2-6H,7-8H2,1H3;2*2-8H,1H3;2-10H,1H3;2-6H,1H3;5*1H4. The van der Waals surface area contributed by atoms with Crippen LogP contribution in [-0.2, 0) is 0 Å². The minimum atomic E-state index is 0. The van der Waals surface area contributed by atoms with E-state index in [4.69, 9.17) is 9.47 Å². The molecule has 450 valence electrons. The SMILES string of the molecule is C.C.C.C.C.Cc1ccc(-c2ccc(-c3ccccc3)cc2)cc1.Cc1ccc(-c2ccccc2)cc1.Cc1ccc2sc3ccccc3c2c1.Cc1cccc2c1sc1ccccc12.Cc1ccccc1.Cc1sc(-c2ccccc2)c2c1OCCO2. The van der Waals surface area contributed by atoms with Crippen LogP contribution in [0.4, 0.5) is 0 Å². The van der Waals surface area contributed by atoms with Gasteiger partial charge < -0.3 is 9.47 Å². The summed E-state index contributed by atoms with van der Waals surface area (Å²) in [4.78, 5) is 2.36. The third-order valence-corrected chi connectivity index (χ3v) is 17.8. The van der Waals surface area contributed by atoms with Crippen LogP contribution in [0.1, 0.15) is 69.8 Å². The van der Waals surface area contributed by atoms with Gasteiger partial charge in [-0.15, -0.1) is 34.0 Å². The number of hydrogen-bond donors (Lipinski definition) is 0. The summed E-state index contributed by atoms with van der Waals surface area (Å²) in [5.41, 5.74) is 15.5. The molecule has 1 aliphatic heterocycles. The third-order valence-electron chi connectivity index (χ3n) is 14.2. The van der Waals surface area contributed by atoms with Crippen LogP contribution >= 0.6 is 34.0 Å². The summed E-state index contributed by atoms with van der Waals surface area (Å²) in [6, 6.07) is 97.9. The monoisotopic (exact) mass is 1210 g/mol. The topological polar surface area (TPSA) is 18.5 Å². The predicted molar refractivity (Wildman–Crippen MR) is 397 cm³/mol. The van der Waals surface area contributed by atoms with Crippen LogP contribution in [0.2, 0.25) is 0 Å². The fraction of sp³-hybridized carbons (Fsp3) is 0.157. The Labute approximate surface area is 539 Å². The highest BCUT2D eigenvalue weighted by molar-refractivity contribution is 7.26. The lowest BCUT2D eigenvalue weighted by molar-refractivity contribution is 0.173. The molecule has 0 aliphatic carbocycles. The van der Waals surface area contributed by atoms with Crippen molar-refractivity contribution in [3.63, 3.8) is 0 Å². The lowest BCUT2D eigenvalue weighted by atomic mass is 10.00. The van der Waals surface area contributed by atoms with Crippen LogP contribution in [0.3, 0.4) is 0 Å². The molecule has 0 amide bonds. The average Bonchev–Trinajstić information content (AvgIpc) is 2.23. The first-order valence-corrected chi connectivity index (χ1v) is 30.7. The van der Waals surface area contributed by atoms with Crippen molar-refractivity contribution < 1.29 is 9.47 Å². The highest BCUT2D eigenvalue weighted by Gasteiger charge is 2.23. The molecule has 2 nitrogen and oxygen atoms in total. The number of fused-ring (bicyclic) bond motifs is 7. The van der Waals surface area contributed by atoms with Gasteiger partial charge in [0.15, 0.2) is 11.5 Å². The van der Waals surface area contributed by atoms with Crippen molar-refractivity contribution >= 4 is 74.4 Å². The predicted octanol–water partition coefficient (Wildman–Crippen LogP) is 26.4. The maximum absolute atomic E-state index is 5.72. The molecule has 0 atom stereocenters. The van der Waals surface area contributed by atoms with Crippen molar-refractivity contribution in [1.82, 2.24) is 0 Å². The maximum Gasteiger partial charge on any atom is 0.180 e. The van der Waals surface area contributed by atoms with Crippen LogP contribution in [0, 0.1) is 41.5 Å². The van der Waals surface area contributed by atoms with Gasteiger partial charge in [-0.1, -0.05) is 314 Å². The van der Waals surface area contributed by atoms with Gasteiger partial charge in [0.25, 0.3) is 0 Å². The van der Waals surface area contributed by atoms with E-state index in [1.54, 1.807) is 11.3 Å². The smallest absolute Gasteiger partial charge is 0.180 e. The Morgan fingerprint density at radius 3 is 1.09 bits per heavy atom. The van der Waals surface area contributed by atoms with Crippen LogP contribution < -0.4 is 9.47 Å². The van der Waals surface area contributed by atoms with E-state index >= 15 is 0 Å². The van der Waals surface area contributed by atoms with Crippen molar-refractivity contribution in [1.29, 1.82) is 0 Å². The summed E-state index contributed by atoms with van der Waals surface area (Å²) >= 11 is 5.49. The summed E-state index contributed by atoms with van der Waals surface area (Å²) in [5, 5.41) is 5.56. The van der Waals surface area contributed by atoms with Gasteiger partial charge in [0.1, 0.15) is 13.2 Å². The number of ether oxygens (including phenoxy) is 2. The number of rotatable bonds is 4. The Morgan fingerprint density at radius 2 is 0.614 bits per heavy atom. The van der Waals surface area contributed by atoms with Gasteiger partial charge in [-0.3, -0.25) is 0 Å². The van der Waals surface area contributed by atoms with Crippen LogP contribution in [0.25, 0.3) is 84.2 Å². The lowest BCUT2D eigenvalue weighted by Gasteiger charge is -2.16. The van der Waals surface area contributed by atoms with E-state index in [2.05, 4.69) is 272 Å². The molecule has 0 unspecified atom stereocenters. The molecule has 3 aromatic heterocycles. The minimum absolute atomic E-state index is 0. The summed E-state index contributed by atoms with van der Waals surface area (Å²) in [5.74, 6) is 1.84. The molecule has 4 heterocycles. The van der Waals surface area contributed by atoms with Gasteiger partial charge in [-0.2, -0.15) is 0 Å². The van der Waals surface area contributed by atoms with Gasteiger partial charge in [0, 0.05) is 45.2 Å². The van der Waals surface area contributed by atoms with E-state index in [1.807, 2.05) is 71.2 Å². The van der Waals surface area contributed by atoms with Crippen molar-refractivity contribution in [2.75, 3.05) is 13.2 Å². The number of thiophene rings is 3. The van der Waals surface area contributed by atoms with Gasteiger partial charge in [-0.25, -0.2) is 0 Å². The molecule has 0 fully saturated rings. The largest absolute Gasteiger partial charge is 0.485 e. The van der Waals surface area contributed by atoms with E-state index in [1.165, 1.54) is 117 Å². The normalized spacial score (nSPS) is 10.5. The second-order valence-electron chi connectivity index (χ2n) is 20.6. The molecule has 1 aliphatic rings. The highest BCUT2D eigenvalue weighted by Crippen LogP contribution is 2.49. The molecule has 0 saturated carbocycles. The van der Waals surface area contributed by atoms with Gasteiger partial charge >= 0.3 is 0 Å². The van der Waals surface area contributed by atoms with Crippen LogP contribution in [0.5, 0.6) is 11.5 Å². The maximum atomic E-state index is 5.72. The Balaban J connectivity index is 0.000000193.